The molecule has 2 heterocycles. The fraction of sp³-hybridized carbons (Fsp3) is 0.143. The fourth-order valence-electron chi connectivity index (χ4n) is 1.95. The maximum atomic E-state index is 4.61. The van der Waals surface area contributed by atoms with Crippen molar-refractivity contribution >= 4 is 16.5 Å². The lowest BCUT2D eigenvalue weighted by Gasteiger charge is -2.07. The van der Waals surface area contributed by atoms with Crippen LogP contribution in [0.1, 0.15) is 6.92 Å². The maximum Gasteiger partial charge on any atom is 0.183 e. The summed E-state index contributed by atoms with van der Waals surface area (Å²) in [5.41, 5.74) is 3.19. The summed E-state index contributed by atoms with van der Waals surface area (Å²) in [6, 6.07) is 8.21. The molecule has 3 rings (SSSR count). The van der Waals surface area contributed by atoms with Gasteiger partial charge in [0.2, 0.25) is 0 Å². The Labute approximate surface area is 115 Å². The molecule has 5 heteroatoms. The molecular formula is C14H14N4S. The van der Waals surface area contributed by atoms with Crippen LogP contribution < -0.4 is 5.32 Å². The zero-order chi connectivity index (χ0) is 13.1. The van der Waals surface area contributed by atoms with Gasteiger partial charge in [0, 0.05) is 29.9 Å². The molecule has 0 atom stereocenters. The monoisotopic (exact) mass is 270 g/mol. The third kappa shape index (κ3) is 2.37. The number of thiazole rings is 1. The summed E-state index contributed by atoms with van der Waals surface area (Å²) in [6.45, 7) is 2.95. The van der Waals surface area contributed by atoms with E-state index in [4.69, 9.17) is 0 Å². The molecule has 19 heavy (non-hydrogen) atoms. The van der Waals surface area contributed by atoms with E-state index in [9.17, 15) is 0 Å². The van der Waals surface area contributed by atoms with Crippen molar-refractivity contribution in [2.45, 2.75) is 6.92 Å². The van der Waals surface area contributed by atoms with Gasteiger partial charge in [-0.05, 0) is 13.0 Å². The van der Waals surface area contributed by atoms with Gasteiger partial charge in [0.25, 0.3) is 0 Å². The van der Waals surface area contributed by atoms with Crippen molar-refractivity contribution in [3.8, 4) is 16.9 Å². The first kappa shape index (κ1) is 11.9. The van der Waals surface area contributed by atoms with Crippen molar-refractivity contribution in [1.82, 2.24) is 14.5 Å². The minimum Gasteiger partial charge on any atom is -0.362 e. The van der Waals surface area contributed by atoms with Gasteiger partial charge in [-0.25, -0.2) is 9.97 Å². The van der Waals surface area contributed by atoms with Gasteiger partial charge in [0.15, 0.2) is 5.13 Å². The Morgan fingerprint density at radius 2 is 2.21 bits per heavy atom. The Morgan fingerprint density at radius 1 is 1.32 bits per heavy atom. The summed E-state index contributed by atoms with van der Waals surface area (Å²) in [5.74, 6) is 0. The Kier molecular flexibility index (Phi) is 3.29. The van der Waals surface area contributed by atoms with Crippen LogP contribution in [0.2, 0.25) is 0 Å². The summed E-state index contributed by atoms with van der Waals surface area (Å²) in [5, 5.41) is 6.27. The van der Waals surface area contributed by atoms with Gasteiger partial charge in [-0.15, -0.1) is 11.3 Å². The normalized spacial score (nSPS) is 10.6. The van der Waals surface area contributed by atoms with Crippen LogP contribution in [-0.2, 0) is 0 Å². The summed E-state index contributed by atoms with van der Waals surface area (Å²) in [6.07, 6.45) is 5.52. The average Bonchev–Trinajstić information content (AvgIpc) is 3.10. The molecule has 96 valence electrons. The van der Waals surface area contributed by atoms with Crippen LogP contribution in [0.5, 0.6) is 0 Å². The second kappa shape index (κ2) is 5.24. The molecule has 0 aliphatic heterocycles. The minimum absolute atomic E-state index is 0.885. The standard InChI is InChI=1S/C14H14N4S/c1-2-16-14-17-12(9-19-14)11-5-3-4-6-13(11)18-8-7-15-10-18/h3-10H,2H2,1H3,(H,16,17). The molecule has 0 saturated heterocycles. The summed E-state index contributed by atoms with van der Waals surface area (Å²) in [7, 11) is 0. The molecule has 4 nitrogen and oxygen atoms in total. The summed E-state index contributed by atoms with van der Waals surface area (Å²) >= 11 is 1.63. The van der Waals surface area contributed by atoms with E-state index >= 15 is 0 Å². The molecule has 1 N–H and O–H groups in total. The molecule has 0 unspecified atom stereocenters. The Bertz CT molecular complexity index is 658. The maximum absolute atomic E-state index is 4.61. The Hall–Kier alpha value is -2.14. The van der Waals surface area contributed by atoms with Crippen LogP contribution in [0.25, 0.3) is 16.9 Å². The molecule has 2 aromatic heterocycles. The van der Waals surface area contributed by atoms with E-state index in [-0.39, 0.29) is 0 Å². The molecule has 0 saturated carbocycles. The highest BCUT2D eigenvalue weighted by atomic mass is 32.1. The lowest BCUT2D eigenvalue weighted by atomic mass is 10.1. The quantitative estimate of drug-likeness (QED) is 0.790. The number of nitrogens with zero attached hydrogens (tertiary/aromatic N) is 3. The zero-order valence-electron chi connectivity index (χ0n) is 10.6. The highest BCUT2D eigenvalue weighted by Crippen LogP contribution is 2.29. The van der Waals surface area contributed by atoms with E-state index in [0.717, 1.165) is 28.6 Å². The SMILES string of the molecule is CCNc1nc(-c2ccccc2-n2ccnc2)cs1. The molecule has 0 bridgehead atoms. The van der Waals surface area contributed by atoms with Gasteiger partial charge in [-0.3, -0.25) is 0 Å². The number of anilines is 1. The molecule has 0 spiro atoms. The van der Waals surface area contributed by atoms with Crippen molar-refractivity contribution in [1.29, 1.82) is 0 Å². The molecule has 0 fully saturated rings. The summed E-state index contributed by atoms with van der Waals surface area (Å²) in [4.78, 5) is 8.72. The van der Waals surface area contributed by atoms with Crippen molar-refractivity contribution in [2.75, 3.05) is 11.9 Å². The Morgan fingerprint density at radius 3 is 3.00 bits per heavy atom. The van der Waals surface area contributed by atoms with Gasteiger partial charge >= 0.3 is 0 Å². The molecular weight excluding hydrogens is 256 g/mol. The fourth-order valence-corrected chi connectivity index (χ4v) is 2.73. The van der Waals surface area contributed by atoms with Crippen LogP contribution in [0, 0.1) is 0 Å². The predicted molar refractivity (Wildman–Crippen MR) is 78.8 cm³/mol. The Balaban J connectivity index is 2.04. The smallest absolute Gasteiger partial charge is 0.183 e. The van der Waals surface area contributed by atoms with Crippen LogP contribution in [0.3, 0.4) is 0 Å². The average molecular weight is 270 g/mol. The van der Waals surface area contributed by atoms with Gasteiger partial charge in [-0.1, -0.05) is 18.2 Å². The third-order valence-electron chi connectivity index (χ3n) is 2.79. The van der Waals surface area contributed by atoms with Gasteiger partial charge in [-0.2, -0.15) is 0 Å². The van der Waals surface area contributed by atoms with Crippen molar-refractivity contribution in [3.05, 3.63) is 48.4 Å². The van der Waals surface area contributed by atoms with E-state index in [2.05, 4.69) is 39.7 Å². The summed E-state index contributed by atoms with van der Waals surface area (Å²) < 4.78 is 2.00. The van der Waals surface area contributed by atoms with E-state index in [1.807, 2.05) is 22.9 Å². The molecule has 0 aliphatic carbocycles. The number of benzene rings is 1. The third-order valence-corrected chi connectivity index (χ3v) is 3.59. The number of rotatable bonds is 4. The first-order valence-electron chi connectivity index (χ1n) is 6.15. The number of imidazole rings is 1. The minimum atomic E-state index is 0.885. The lowest BCUT2D eigenvalue weighted by Crippen LogP contribution is -1.96. The van der Waals surface area contributed by atoms with Gasteiger partial charge in [0.1, 0.15) is 0 Å². The second-order valence-electron chi connectivity index (χ2n) is 4.06. The molecule has 3 aromatic rings. The van der Waals surface area contributed by atoms with Crippen molar-refractivity contribution in [3.63, 3.8) is 0 Å². The predicted octanol–water partition coefficient (Wildman–Crippen LogP) is 3.43. The van der Waals surface area contributed by atoms with Crippen LogP contribution in [0.15, 0.2) is 48.4 Å². The lowest BCUT2D eigenvalue weighted by molar-refractivity contribution is 1.06. The highest BCUT2D eigenvalue weighted by Gasteiger charge is 2.09. The van der Waals surface area contributed by atoms with E-state index < -0.39 is 0 Å². The van der Waals surface area contributed by atoms with Gasteiger partial charge in [0.05, 0.1) is 17.7 Å². The highest BCUT2D eigenvalue weighted by molar-refractivity contribution is 7.14. The van der Waals surface area contributed by atoms with Crippen molar-refractivity contribution in [2.24, 2.45) is 0 Å². The van der Waals surface area contributed by atoms with E-state index in [1.165, 1.54) is 0 Å². The molecule has 0 radical (unpaired) electrons. The zero-order valence-corrected chi connectivity index (χ0v) is 11.4. The first-order valence-corrected chi connectivity index (χ1v) is 7.03. The second-order valence-corrected chi connectivity index (χ2v) is 4.91. The number of nitrogens with one attached hydrogen (secondary N) is 1. The number of hydrogen-bond donors (Lipinski definition) is 1. The molecule has 1 aromatic carbocycles. The first-order chi connectivity index (χ1) is 9.38. The number of aromatic nitrogens is 3. The number of hydrogen-bond acceptors (Lipinski definition) is 4. The van der Waals surface area contributed by atoms with Gasteiger partial charge < -0.3 is 9.88 Å². The van der Waals surface area contributed by atoms with E-state index in [0.29, 0.717) is 0 Å². The number of para-hydroxylation sites is 1. The van der Waals surface area contributed by atoms with Crippen LogP contribution in [0.4, 0.5) is 5.13 Å². The topological polar surface area (TPSA) is 42.7 Å². The van der Waals surface area contributed by atoms with Crippen LogP contribution >= 0.6 is 11.3 Å². The van der Waals surface area contributed by atoms with Crippen molar-refractivity contribution < 1.29 is 0 Å². The molecule has 0 aliphatic rings. The van der Waals surface area contributed by atoms with Crippen LogP contribution in [-0.4, -0.2) is 21.1 Å². The van der Waals surface area contributed by atoms with E-state index in [1.54, 1.807) is 23.9 Å². The largest absolute Gasteiger partial charge is 0.362 e. The molecule has 0 amide bonds.